The number of carbonyl (C=O) groups is 3. The second-order valence-electron chi connectivity index (χ2n) is 8.76. The first kappa shape index (κ1) is 24.7. The van der Waals surface area contributed by atoms with Crippen LogP contribution in [0, 0.1) is 5.92 Å². The fourth-order valence-electron chi connectivity index (χ4n) is 4.46. The van der Waals surface area contributed by atoms with Crippen LogP contribution in [-0.2, 0) is 15.8 Å². The van der Waals surface area contributed by atoms with Crippen molar-refractivity contribution in [1.29, 1.82) is 0 Å². The molecule has 0 spiro atoms. The zero-order valence-corrected chi connectivity index (χ0v) is 19.2. The number of hydrogen-bond acceptors (Lipinski definition) is 4. The average molecular weight is 489 g/mol. The minimum Gasteiger partial charge on any atom is -0.368 e. The van der Waals surface area contributed by atoms with E-state index >= 15 is 0 Å². The van der Waals surface area contributed by atoms with Crippen LogP contribution in [-0.4, -0.2) is 66.1 Å². The first-order valence-corrected chi connectivity index (χ1v) is 11.7. The quantitative estimate of drug-likeness (QED) is 0.543. The van der Waals surface area contributed by atoms with Crippen LogP contribution in [0.3, 0.4) is 0 Å². The van der Waals surface area contributed by atoms with Gasteiger partial charge in [0.15, 0.2) is 0 Å². The highest BCUT2D eigenvalue weighted by molar-refractivity contribution is 6.21. The molecular formula is C25H27F3N4O3. The SMILES string of the molecule is O=C(CCCCCN1C(=O)N=C2C=CC=CC2C1=O)N1CCN(c2cccc(C(F)(F)F)c2)CC1. The van der Waals surface area contributed by atoms with Crippen LogP contribution < -0.4 is 4.90 Å². The van der Waals surface area contributed by atoms with E-state index in [1.54, 1.807) is 35.3 Å². The summed E-state index contributed by atoms with van der Waals surface area (Å²) in [6.07, 6.45) is 4.77. The van der Waals surface area contributed by atoms with Crippen molar-refractivity contribution in [3.8, 4) is 0 Å². The van der Waals surface area contributed by atoms with E-state index in [1.807, 2.05) is 4.90 Å². The highest BCUT2D eigenvalue weighted by Crippen LogP contribution is 2.32. The van der Waals surface area contributed by atoms with Crippen LogP contribution in [0.5, 0.6) is 0 Å². The maximum absolute atomic E-state index is 13.0. The lowest BCUT2D eigenvalue weighted by Crippen LogP contribution is -2.48. The molecule has 1 aromatic rings. The van der Waals surface area contributed by atoms with Crippen LogP contribution in [0.2, 0.25) is 0 Å². The first-order chi connectivity index (χ1) is 16.7. The van der Waals surface area contributed by atoms with Crippen molar-refractivity contribution in [2.45, 2.75) is 31.9 Å². The molecule has 0 bridgehead atoms. The topological polar surface area (TPSA) is 73.3 Å². The number of piperazine rings is 1. The van der Waals surface area contributed by atoms with Gasteiger partial charge in [-0.2, -0.15) is 18.2 Å². The maximum Gasteiger partial charge on any atom is 0.416 e. The molecule has 1 saturated heterocycles. The van der Waals surface area contributed by atoms with Gasteiger partial charge in [-0.3, -0.25) is 14.5 Å². The zero-order valence-electron chi connectivity index (χ0n) is 19.2. The van der Waals surface area contributed by atoms with Crippen LogP contribution in [0.25, 0.3) is 0 Å². The number of halogens is 3. The minimum absolute atomic E-state index is 0.00666. The van der Waals surface area contributed by atoms with E-state index in [9.17, 15) is 27.6 Å². The van der Waals surface area contributed by atoms with Gasteiger partial charge < -0.3 is 9.80 Å². The van der Waals surface area contributed by atoms with Gasteiger partial charge in [0.2, 0.25) is 11.8 Å². The molecule has 10 heteroatoms. The Balaban J connectivity index is 1.17. The molecule has 1 aromatic carbocycles. The number of hydrogen-bond donors (Lipinski definition) is 0. The van der Waals surface area contributed by atoms with E-state index in [0.717, 1.165) is 12.1 Å². The number of imide groups is 1. The number of alkyl halides is 3. The van der Waals surface area contributed by atoms with E-state index < -0.39 is 23.7 Å². The number of nitrogens with zero attached hydrogens (tertiary/aromatic N) is 4. The van der Waals surface area contributed by atoms with E-state index in [0.29, 0.717) is 63.3 Å². The molecule has 1 atom stereocenters. The third-order valence-corrected chi connectivity index (χ3v) is 6.43. The third-order valence-electron chi connectivity index (χ3n) is 6.43. The summed E-state index contributed by atoms with van der Waals surface area (Å²) in [6, 6.07) is 4.70. The molecule has 2 heterocycles. The van der Waals surface area contributed by atoms with E-state index in [1.165, 1.54) is 11.0 Å². The maximum atomic E-state index is 13.0. The predicted molar refractivity (Wildman–Crippen MR) is 125 cm³/mol. The average Bonchev–Trinajstić information content (AvgIpc) is 2.85. The standard InChI is InChI=1S/C25H27F3N4O3/c26-25(27,28)18-7-6-8-19(17-18)30-13-15-31(16-14-30)22(33)11-2-1-5-12-32-23(34)20-9-3-4-10-21(20)29-24(32)35/h3-4,6-10,17,20H,1-2,5,11-16H2. The normalized spacial score (nSPS) is 20.3. The summed E-state index contributed by atoms with van der Waals surface area (Å²) >= 11 is 0. The highest BCUT2D eigenvalue weighted by Gasteiger charge is 2.35. The van der Waals surface area contributed by atoms with Gasteiger partial charge in [0, 0.05) is 44.8 Å². The van der Waals surface area contributed by atoms with Gasteiger partial charge >= 0.3 is 12.2 Å². The minimum atomic E-state index is -4.39. The van der Waals surface area contributed by atoms with Gasteiger partial charge in [0.05, 0.1) is 17.2 Å². The molecule has 35 heavy (non-hydrogen) atoms. The molecular weight excluding hydrogens is 461 g/mol. The molecule has 0 N–H and O–H groups in total. The van der Waals surface area contributed by atoms with Gasteiger partial charge in [-0.15, -0.1) is 0 Å². The van der Waals surface area contributed by atoms with Gasteiger partial charge in [-0.25, -0.2) is 4.79 Å². The number of benzene rings is 1. The lowest BCUT2D eigenvalue weighted by Gasteiger charge is -2.36. The van der Waals surface area contributed by atoms with Crippen LogP contribution in [0.1, 0.15) is 31.2 Å². The summed E-state index contributed by atoms with van der Waals surface area (Å²) in [4.78, 5) is 46.1. The van der Waals surface area contributed by atoms with Crippen molar-refractivity contribution in [1.82, 2.24) is 9.80 Å². The monoisotopic (exact) mass is 488 g/mol. The number of allylic oxidation sites excluding steroid dienone is 3. The molecule has 3 aliphatic rings. The number of carbonyl (C=O) groups excluding carboxylic acids is 3. The fourth-order valence-corrected chi connectivity index (χ4v) is 4.46. The number of aliphatic imine (C=N–C) groups is 1. The number of amides is 4. The van der Waals surface area contributed by atoms with E-state index in [-0.39, 0.29) is 18.4 Å². The number of unbranched alkanes of at least 4 members (excludes halogenated alkanes) is 2. The summed E-state index contributed by atoms with van der Waals surface area (Å²) in [5.74, 6) is -0.767. The lowest BCUT2D eigenvalue weighted by atomic mass is 9.95. The molecule has 1 unspecified atom stereocenters. The van der Waals surface area contributed by atoms with Crippen LogP contribution in [0.15, 0.2) is 53.6 Å². The van der Waals surface area contributed by atoms with Crippen LogP contribution >= 0.6 is 0 Å². The third kappa shape index (κ3) is 5.80. The van der Waals surface area contributed by atoms with Gasteiger partial charge in [0.25, 0.3) is 0 Å². The Morgan fingerprint density at radius 2 is 1.80 bits per heavy atom. The van der Waals surface area contributed by atoms with E-state index in [4.69, 9.17) is 0 Å². The Kier molecular flexibility index (Phi) is 7.37. The Hall–Kier alpha value is -3.43. The van der Waals surface area contributed by atoms with E-state index in [2.05, 4.69) is 4.99 Å². The summed E-state index contributed by atoms with van der Waals surface area (Å²) < 4.78 is 38.9. The Morgan fingerprint density at radius 3 is 2.54 bits per heavy atom. The summed E-state index contributed by atoms with van der Waals surface area (Å²) in [5.41, 5.74) is 0.295. The number of rotatable bonds is 7. The molecule has 0 aromatic heterocycles. The molecule has 7 nitrogen and oxygen atoms in total. The van der Waals surface area contributed by atoms with Crippen molar-refractivity contribution < 1.29 is 27.6 Å². The highest BCUT2D eigenvalue weighted by atomic mass is 19.4. The molecule has 4 amide bonds. The molecule has 2 aliphatic heterocycles. The van der Waals surface area contributed by atoms with Gasteiger partial charge in [-0.05, 0) is 37.1 Å². The van der Waals surface area contributed by atoms with Crippen LogP contribution in [0.4, 0.5) is 23.7 Å². The molecule has 1 fully saturated rings. The molecule has 186 valence electrons. The molecule has 0 radical (unpaired) electrons. The van der Waals surface area contributed by atoms with Crippen molar-refractivity contribution in [3.05, 3.63) is 54.1 Å². The zero-order chi connectivity index (χ0) is 25.0. The Labute approximate surface area is 201 Å². The summed E-state index contributed by atoms with van der Waals surface area (Å²) in [6.45, 7) is 2.12. The molecule has 0 saturated carbocycles. The Bertz CT molecular complexity index is 1070. The van der Waals surface area contributed by atoms with Crippen molar-refractivity contribution in [2.75, 3.05) is 37.6 Å². The van der Waals surface area contributed by atoms with Crippen molar-refractivity contribution in [2.24, 2.45) is 10.9 Å². The predicted octanol–water partition coefficient (Wildman–Crippen LogP) is 4.06. The van der Waals surface area contributed by atoms with Crippen molar-refractivity contribution >= 4 is 29.2 Å². The Morgan fingerprint density at radius 1 is 1.03 bits per heavy atom. The first-order valence-electron chi connectivity index (χ1n) is 11.7. The van der Waals surface area contributed by atoms with Gasteiger partial charge in [0.1, 0.15) is 0 Å². The largest absolute Gasteiger partial charge is 0.416 e. The second-order valence-corrected chi connectivity index (χ2v) is 8.76. The summed E-state index contributed by atoms with van der Waals surface area (Å²) in [5, 5.41) is 0. The lowest BCUT2D eigenvalue weighted by molar-refractivity contribution is -0.137. The fraction of sp³-hybridized carbons (Fsp3) is 0.440. The molecule has 4 rings (SSSR count). The summed E-state index contributed by atoms with van der Waals surface area (Å²) in [7, 11) is 0. The number of fused-ring (bicyclic) bond motifs is 1. The number of anilines is 1. The number of urea groups is 1. The second kappa shape index (κ2) is 10.5. The van der Waals surface area contributed by atoms with Crippen molar-refractivity contribution in [3.63, 3.8) is 0 Å². The van der Waals surface area contributed by atoms with Gasteiger partial charge in [-0.1, -0.05) is 30.7 Å². The smallest absolute Gasteiger partial charge is 0.368 e. The molecule has 1 aliphatic carbocycles.